The van der Waals surface area contributed by atoms with Crippen LogP contribution in [0.3, 0.4) is 0 Å². The molecule has 394 valence electrons. The van der Waals surface area contributed by atoms with E-state index in [2.05, 4.69) is 146 Å². The Hall–Kier alpha value is -9.82. The van der Waals surface area contributed by atoms with Crippen LogP contribution in [0.4, 0.5) is 0 Å². The van der Waals surface area contributed by atoms with Crippen LogP contribution in [0.2, 0.25) is 0 Å². The monoisotopic (exact) mass is 1050 g/mol. The summed E-state index contributed by atoms with van der Waals surface area (Å²) in [5.74, 6) is 3.68. The van der Waals surface area contributed by atoms with Gasteiger partial charge in [0.2, 0.25) is 0 Å². The van der Waals surface area contributed by atoms with Gasteiger partial charge in [0.15, 0.2) is 0 Å². The quantitative estimate of drug-likeness (QED) is 0.0684. The van der Waals surface area contributed by atoms with Gasteiger partial charge in [-0.1, -0.05) is 218 Å². The number of hydrogen-bond donors (Lipinski definition) is 1. The van der Waals surface area contributed by atoms with E-state index in [-0.39, 0.29) is 19.8 Å². The molecule has 11 rings (SSSR count). The molecule has 7 nitrogen and oxygen atoms in total. The minimum absolute atomic E-state index is 0.198. The van der Waals surface area contributed by atoms with E-state index in [1.165, 1.54) is 0 Å². The highest BCUT2D eigenvalue weighted by Crippen LogP contribution is 2.32. The summed E-state index contributed by atoms with van der Waals surface area (Å²) in [5.41, 5.74) is 15.7. The van der Waals surface area contributed by atoms with Gasteiger partial charge in [0, 0.05) is 18.2 Å². The lowest BCUT2D eigenvalue weighted by Crippen LogP contribution is -2.03. The van der Waals surface area contributed by atoms with E-state index >= 15 is 0 Å². The molecule has 0 radical (unpaired) electrons. The first-order valence-corrected chi connectivity index (χ1v) is 26.9. The second kappa shape index (κ2) is 26.0. The average Bonchev–Trinajstić information content (AvgIpc) is 3.53. The van der Waals surface area contributed by atoms with Crippen LogP contribution in [0.25, 0.3) is 44.5 Å². The molecule has 0 aromatic heterocycles. The highest BCUT2D eigenvalue weighted by molar-refractivity contribution is 5.66. The van der Waals surface area contributed by atoms with Crippen molar-refractivity contribution < 1.29 is 33.5 Å². The Bertz CT molecular complexity index is 3250. The standard InChI is InChI=1S/C73H60O7/c74-46-57-37-68(79-51-58-39-70(75-47-53-21-29-64(30-22-53)60-13-5-1-6-14-60)44-71(40-58)76-48-54-23-31-65(32-24-54)61-15-7-2-8-16-61)43-69(38-57)80-52-59-41-72(77-49-55-25-33-66(34-26-55)62-17-9-3-10-18-62)45-73(42-59)78-50-56-27-35-67(36-28-56)63-19-11-4-12-20-63/h1-45,74H,46-52H2. The zero-order valence-corrected chi connectivity index (χ0v) is 44.3. The van der Waals surface area contributed by atoms with Gasteiger partial charge in [0.05, 0.1) is 6.61 Å². The molecule has 0 spiro atoms. The molecule has 0 fully saturated rings. The maximum atomic E-state index is 10.4. The summed E-state index contributed by atoms with van der Waals surface area (Å²) in [6.45, 7) is 1.67. The van der Waals surface area contributed by atoms with Gasteiger partial charge in [-0.15, -0.1) is 0 Å². The summed E-state index contributed by atoms with van der Waals surface area (Å²) in [4.78, 5) is 0. The second-order valence-electron chi connectivity index (χ2n) is 19.6. The van der Waals surface area contributed by atoms with Crippen molar-refractivity contribution in [3.05, 3.63) is 312 Å². The largest absolute Gasteiger partial charge is 0.489 e. The normalized spacial score (nSPS) is 10.9. The molecule has 0 aliphatic carbocycles. The number of ether oxygens (including phenoxy) is 6. The number of rotatable bonds is 23. The van der Waals surface area contributed by atoms with E-state index in [9.17, 15) is 5.11 Å². The summed E-state index contributed by atoms with van der Waals surface area (Å²) < 4.78 is 38.7. The molecule has 0 bridgehead atoms. The maximum absolute atomic E-state index is 10.4. The SMILES string of the molecule is OCc1cc(OCc2cc(OCc3ccc(-c4ccccc4)cc3)cc(OCc3ccc(-c4ccccc4)cc3)c2)cc(OCc2cc(OCc3ccc(-c4ccccc4)cc3)cc(OCc3ccc(-c4ccccc4)cc3)c2)c1. The van der Waals surface area contributed by atoms with E-state index in [1.54, 1.807) is 0 Å². The topological polar surface area (TPSA) is 75.6 Å². The summed E-state index contributed by atoms with van der Waals surface area (Å²) in [6.07, 6.45) is 0. The molecule has 0 aliphatic heterocycles. The van der Waals surface area contributed by atoms with Crippen LogP contribution in [0.1, 0.15) is 38.9 Å². The van der Waals surface area contributed by atoms with Gasteiger partial charge < -0.3 is 33.5 Å². The maximum Gasteiger partial charge on any atom is 0.123 e. The first kappa shape index (κ1) is 52.2. The molecule has 11 aromatic carbocycles. The minimum Gasteiger partial charge on any atom is -0.489 e. The summed E-state index contributed by atoms with van der Waals surface area (Å²) in [5, 5.41) is 10.4. The molecule has 0 atom stereocenters. The van der Waals surface area contributed by atoms with Gasteiger partial charge >= 0.3 is 0 Å². The molecule has 0 saturated carbocycles. The molecule has 0 aliphatic rings. The van der Waals surface area contributed by atoms with Crippen LogP contribution in [0.15, 0.2) is 273 Å². The third-order valence-corrected chi connectivity index (χ3v) is 13.7. The molecule has 1 N–H and O–H groups in total. The number of hydrogen-bond acceptors (Lipinski definition) is 7. The van der Waals surface area contributed by atoms with Crippen molar-refractivity contribution in [2.75, 3.05) is 0 Å². The lowest BCUT2D eigenvalue weighted by Gasteiger charge is -2.16. The van der Waals surface area contributed by atoms with E-state index < -0.39 is 0 Å². The van der Waals surface area contributed by atoms with E-state index in [1.807, 2.05) is 127 Å². The van der Waals surface area contributed by atoms with Gasteiger partial charge in [0.1, 0.15) is 74.1 Å². The van der Waals surface area contributed by atoms with Crippen molar-refractivity contribution in [3.63, 3.8) is 0 Å². The molecule has 0 amide bonds. The fraction of sp³-hybridized carbons (Fsp3) is 0.0959. The molecular weight excluding hydrogens is 989 g/mol. The molecule has 0 unspecified atom stereocenters. The highest BCUT2D eigenvalue weighted by atomic mass is 16.5. The fourth-order valence-corrected chi connectivity index (χ4v) is 9.35. The van der Waals surface area contributed by atoms with Crippen LogP contribution >= 0.6 is 0 Å². The van der Waals surface area contributed by atoms with Crippen molar-refractivity contribution in [1.82, 2.24) is 0 Å². The summed E-state index contributed by atoms with van der Waals surface area (Å²) in [6, 6.07) is 92.3. The Morgan fingerprint density at radius 3 is 0.588 bits per heavy atom. The van der Waals surface area contributed by atoms with Gasteiger partial charge in [-0.2, -0.15) is 0 Å². The van der Waals surface area contributed by atoms with Gasteiger partial charge in [-0.3, -0.25) is 0 Å². The van der Waals surface area contributed by atoms with E-state index in [4.69, 9.17) is 28.4 Å². The molecule has 7 heteroatoms. The number of aliphatic hydroxyl groups excluding tert-OH is 1. The van der Waals surface area contributed by atoms with Crippen molar-refractivity contribution in [1.29, 1.82) is 0 Å². The minimum atomic E-state index is -0.201. The van der Waals surface area contributed by atoms with Crippen molar-refractivity contribution >= 4 is 0 Å². The Kier molecular flexibility index (Phi) is 17.0. The average molecular weight is 1050 g/mol. The zero-order chi connectivity index (χ0) is 54.1. The number of aliphatic hydroxyl groups is 1. The highest BCUT2D eigenvalue weighted by Gasteiger charge is 2.12. The first-order chi connectivity index (χ1) is 39.5. The smallest absolute Gasteiger partial charge is 0.123 e. The van der Waals surface area contributed by atoms with Crippen LogP contribution in [-0.4, -0.2) is 5.11 Å². The first-order valence-electron chi connectivity index (χ1n) is 26.9. The van der Waals surface area contributed by atoms with Crippen molar-refractivity contribution in [3.8, 4) is 79.0 Å². The third-order valence-electron chi connectivity index (χ3n) is 13.7. The second-order valence-corrected chi connectivity index (χ2v) is 19.6. The van der Waals surface area contributed by atoms with Crippen LogP contribution < -0.4 is 28.4 Å². The van der Waals surface area contributed by atoms with Crippen LogP contribution in [-0.2, 0) is 46.2 Å². The van der Waals surface area contributed by atoms with Gasteiger partial charge in [-0.05, 0) is 120 Å². The van der Waals surface area contributed by atoms with Crippen LogP contribution in [0, 0.1) is 0 Å². The molecule has 0 heterocycles. The lowest BCUT2D eigenvalue weighted by molar-refractivity contribution is 0.267. The number of benzene rings is 11. The summed E-state index contributed by atoms with van der Waals surface area (Å²) >= 11 is 0. The Morgan fingerprint density at radius 2 is 0.375 bits per heavy atom. The van der Waals surface area contributed by atoms with E-state index in [0.717, 1.165) is 77.9 Å². The van der Waals surface area contributed by atoms with E-state index in [0.29, 0.717) is 66.5 Å². The zero-order valence-electron chi connectivity index (χ0n) is 44.3. The van der Waals surface area contributed by atoms with Gasteiger partial charge in [-0.25, -0.2) is 0 Å². The molecule has 11 aromatic rings. The Labute approximate surface area is 468 Å². The lowest BCUT2D eigenvalue weighted by atomic mass is 10.0. The van der Waals surface area contributed by atoms with Gasteiger partial charge in [0.25, 0.3) is 0 Å². The van der Waals surface area contributed by atoms with Crippen LogP contribution in [0.5, 0.6) is 34.5 Å². The predicted octanol–water partition coefficient (Wildman–Crippen LogP) is 17.3. The molecule has 0 saturated heterocycles. The van der Waals surface area contributed by atoms with Crippen molar-refractivity contribution in [2.24, 2.45) is 0 Å². The third kappa shape index (κ3) is 14.4. The Balaban J connectivity index is 0.785. The van der Waals surface area contributed by atoms with Crippen molar-refractivity contribution in [2.45, 2.75) is 46.2 Å². The fourth-order valence-electron chi connectivity index (χ4n) is 9.35. The Morgan fingerprint density at radius 1 is 0.188 bits per heavy atom. The molecule has 80 heavy (non-hydrogen) atoms. The summed E-state index contributed by atoms with van der Waals surface area (Å²) in [7, 11) is 0. The molecular formula is C73H60O7. The predicted molar refractivity (Wildman–Crippen MR) is 319 cm³/mol.